The molecule has 1 aliphatic rings. The molecule has 1 heterocycles. The molecule has 2 aromatic rings. The van der Waals surface area contributed by atoms with Crippen LogP contribution in [0.5, 0.6) is 0 Å². The number of hydrogen-bond acceptors (Lipinski definition) is 3. The molecule has 0 amide bonds. The van der Waals surface area contributed by atoms with Gasteiger partial charge in [0.05, 0.1) is 17.4 Å². The SMILES string of the molecule is CNC1(c2cn(-c3ccccc3)nn2)CC1. The van der Waals surface area contributed by atoms with Crippen molar-refractivity contribution in [2.75, 3.05) is 7.05 Å². The van der Waals surface area contributed by atoms with E-state index in [1.807, 2.05) is 48.3 Å². The summed E-state index contributed by atoms with van der Waals surface area (Å²) in [6.07, 6.45) is 4.31. The fourth-order valence-electron chi connectivity index (χ4n) is 1.95. The van der Waals surface area contributed by atoms with Gasteiger partial charge < -0.3 is 5.32 Å². The molecule has 4 nitrogen and oxygen atoms in total. The van der Waals surface area contributed by atoms with Crippen LogP contribution in [0.25, 0.3) is 5.69 Å². The first kappa shape index (κ1) is 9.54. The average molecular weight is 214 g/mol. The maximum absolute atomic E-state index is 4.25. The largest absolute Gasteiger partial charge is 0.309 e. The molecule has 0 aliphatic heterocycles. The third-order valence-electron chi connectivity index (χ3n) is 3.23. The molecule has 1 N–H and O–H groups in total. The second-order valence-electron chi connectivity index (χ2n) is 4.22. The molecule has 1 aromatic carbocycles. The molecular weight excluding hydrogens is 200 g/mol. The normalized spacial score (nSPS) is 17.3. The van der Waals surface area contributed by atoms with Gasteiger partial charge in [0.25, 0.3) is 0 Å². The Morgan fingerprint density at radius 2 is 2.00 bits per heavy atom. The molecule has 3 rings (SSSR count). The van der Waals surface area contributed by atoms with E-state index in [4.69, 9.17) is 0 Å². The van der Waals surface area contributed by atoms with Crippen LogP contribution in [0.3, 0.4) is 0 Å². The van der Waals surface area contributed by atoms with Gasteiger partial charge in [-0.25, -0.2) is 4.68 Å². The first-order valence-corrected chi connectivity index (χ1v) is 5.51. The first-order valence-electron chi connectivity index (χ1n) is 5.51. The lowest BCUT2D eigenvalue weighted by atomic mass is 10.2. The molecule has 0 saturated heterocycles. The molecule has 0 radical (unpaired) electrons. The van der Waals surface area contributed by atoms with Gasteiger partial charge in [0, 0.05) is 0 Å². The number of benzene rings is 1. The Balaban J connectivity index is 1.94. The maximum atomic E-state index is 4.25. The molecule has 82 valence electrons. The average Bonchev–Trinajstić information content (AvgIpc) is 3.00. The summed E-state index contributed by atoms with van der Waals surface area (Å²) >= 11 is 0. The van der Waals surface area contributed by atoms with Crippen LogP contribution >= 0.6 is 0 Å². The molecule has 16 heavy (non-hydrogen) atoms. The van der Waals surface area contributed by atoms with Gasteiger partial charge in [-0.1, -0.05) is 23.4 Å². The Labute approximate surface area is 94.3 Å². The minimum atomic E-state index is 0.0903. The van der Waals surface area contributed by atoms with E-state index in [0.717, 1.165) is 24.2 Å². The first-order chi connectivity index (χ1) is 7.84. The second-order valence-corrected chi connectivity index (χ2v) is 4.22. The molecule has 0 spiro atoms. The van der Waals surface area contributed by atoms with Gasteiger partial charge in [0.1, 0.15) is 5.69 Å². The highest BCUT2D eigenvalue weighted by Crippen LogP contribution is 2.43. The van der Waals surface area contributed by atoms with Crippen molar-refractivity contribution in [2.24, 2.45) is 0 Å². The fraction of sp³-hybridized carbons (Fsp3) is 0.333. The van der Waals surface area contributed by atoms with Gasteiger partial charge in [-0.15, -0.1) is 5.10 Å². The number of rotatable bonds is 3. The molecule has 1 aliphatic carbocycles. The Kier molecular flexibility index (Phi) is 2.04. The summed E-state index contributed by atoms with van der Waals surface area (Å²) in [5, 5.41) is 11.7. The van der Waals surface area contributed by atoms with E-state index < -0.39 is 0 Å². The van der Waals surface area contributed by atoms with Crippen LogP contribution in [-0.2, 0) is 5.54 Å². The highest BCUT2D eigenvalue weighted by Gasteiger charge is 2.45. The zero-order valence-electron chi connectivity index (χ0n) is 9.22. The quantitative estimate of drug-likeness (QED) is 0.841. The Morgan fingerprint density at radius 1 is 1.25 bits per heavy atom. The number of hydrogen-bond donors (Lipinski definition) is 1. The third kappa shape index (κ3) is 1.42. The van der Waals surface area contributed by atoms with E-state index in [1.54, 1.807) is 0 Å². The van der Waals surface area contributed by atoms with E-state index in [-0.39, 0.29) is 5.54 Å². The predicted octanol–water partition coefficient (Wildman–Crippen LogP) is 1.48. The molecular formula is C12H14N4. The molecule has 0 unspecified atom stereocenters. The summed E-state index contributed by atoms with van der Waals surface area (Å²) in [5.41, 5.74) is 2.18. The van der Waals surface area contributed by atoms with Gasteiger partial charge in [-0.05, 0) is 32.0 Å². The van der Waals surface area contributed by atoms with Gasteiger partial charge in [-0.3, -0.25) is 0 Å². The van der Waals surface area contributed by atoms with Crippen LogP contribution in [0.2, 0.25) is 0 Å². The molecule has 0 bridgehead atoms. The summed E-state index contributed by atoms with van der Waals surface area (Å²) in [5.74, 6) is 0. The van der Waals surface area contributed by atoms with Gasteiger partial charge >= 0.3 is 0 Å². The maximum Gasteiger partial charge on any atom is 0.103 e. The lowest BCUT2D eigenvalue weighted by Crippen LogP contribution is -2.24. The third-order valence-corrected chi connectivity index (χ3v) is 3.23. The van der Waals surface area contributed by atoms with Gasteiger partial charge in [0.2, 0.25) is 0 Å². The van der Waals surface area contributed by atoms with E-state index in [1.165, 1.54) is 0 Å². The number of aromatic nitrogens is 3. The molecule has 0 atom stereocenters. The van der Waals surface area contributed by atoms with Crippen molar-refractivity contribution in [1.82, 2.24) is 20.3 Å². The van der Waals surface area contributed by atoms with E-state index in [2.05, 4.69) is 15.6 Å². The number of nitrogens with zero attached hydrogens (tertiary/aromatic N) is 3. The van der Waals surface area contributed by atoms with Crippen molar-refractivity contribution in [2.45, 2.75) is 18.4 Å². The summed E-state index contributed by atoms with van der Waals surface area (Å²) in [7, 11) is 1.98. The van der Waals surface area contributed by atoms with Crippen LogP contribution in [0, 0.1) is 0 Å². The highest BCUT2D eigenvalue weighted by atomic mass is 15.4. The minimum Gasteiger partial charge on any atom is -0.309 e. The smallest absolute Gasteiger partial charge is 0.103 e. The van der Waals surface area contributed by atoms with Crippen LogP contribution in [-0.4, -0.2) is 22.0 Å². The molecule has 4 heteroatoms. The summed E-state index contributed by atoms with van der Waals surface area (Å²) in [6.45, 7) is 0. The Bertz CT molecular complexity index is 485. The standard InChI is InChI=1S/C12H14N4/c1-13-12(7-8-12)11-9-16(15-14-11)10-5-3-2-4-6-10/h2-6,9,13H,7-8H2,1H3. The highest BCUT2D eigenvalue weighted by molar-refractivity contribution is 5.31. The number of para-hydroxylation sites is 1. The van der Waals surface area contributed by atoms with E-state index in [0.29, 0.717) is 0 Å². The van der Waals surface area contributed by atoms with Crippen LogP contribution < -0.4 is 5.32 Å². The van der Waals surface area contributed by atoms with Crippen molar-refractivity contribution in [3.05, 3.63) is 42.2 Å². The molecule has 1 saturated carbocycles. The number of nitrogens with one attached hydrogen (secondary N) is 1. The fourth-order valence-corrected chi connectivity index (χ4v) is 1.95. The van der Waals surface area contributed by atoms with E-state index >= 15 is 0 Å². The van der Waals surface area contributed by atoms with Crippen LogP contribution in [0.1, 0.15) is 18.5 Å². The van der Waals surface area contributed by atoms with Crippen molar-refractivity contribution in [3.63, 3.8) is 0 Å². The second kappa shape index (κ2) is 3.42. The summed E-state index contributed by atoms with van der Waals surface area (Å²) < 4.78 is 1.83. The van der Waals surface area contributed by atoms with Crippen molar-refractivity contribution in [1.29, 1.82) is 0 Å². The van der Waals surface area contributed by atoms with Gasteiger partial charge in [-0.2, -0.15) is 0 Å². The zero-order valence-corrected chi connectivity index (χ0v) is 9.22. The minimum absolute atomic E-state index is 0.0903. The summed E-state index contributed by atoms with van der Waals surface area (Å²) in [4.78, 5) is 0. The Morgan fingerprint density at radius 3 is 2.62 bits per heavy atom. The van der Waals surface area contributed by atoms with Gasteiger partial charge in [0.15, 0.2) is 0 Å². The Hall–Kier alpha value is -1.68. The lowest BCUT2D eigenvalue weighted by molar-refractivity contribution is 0.565. The molecule has 1 aromatic heterocycles. The van der Waals surface area contributed by atoms with Crippen LogP contribution in [0.15, 0.2) is 36.5 Å². The van der Waals surface area contributed by atoms with Crippen molar-refractivity contribution in [3.8, 4) is 5.69 Å². The monoisotopic (exact) mass is 214 g/mol. The van der Waals surface area contributed by atoms with Crippen molar-refractivity contribution < 1.29 is 0 Å². The summed E-state index contributed by atoms with van der Waals surface area (Å²) in [6, 6.07) is 10.1. The zero-order chi connectivity index (χ0) is 11.0. The van der Waals surface area contributed by atoms with Crippen LogP contribution in [0.4, 0.5) is 0 Å². The lowest BCUT2D eigenvalue weighted by Gasteiger charge is -2.08. The van der Waals surface area contributed by atoms with Crippen molar-refractivity contribution >= 4 is 0 Å². The van der Waals surface area contributed by atoms with E-state index in [9.17, 15) is 0 Å². The molecule has 1 fully saturated rings. The topological polar surface area (TPSA) is 42.7 Å². The predicted molar refractivity (Wildman–Crippen MR) is 61.3 cm³/mol.